The van der Waals surface area contributed by atoms with Crippen LogP contribution in [-0.4, -0.2) is 17.3 Å². The molecule has 2 N–H and O–H groups in total. The van der Waals surface area contributed by atoms with Crippen LogP contribution in [0, 0.1) is 11.3 Å². The van der Waals surface area contributed by atoms with Gasteiger partial charge in [0.15, 0.2) is 0 Å². The third-order valence-corrected chi connectivity index (χ3v) is 3.52. The van der Waals surface area contributed by atoms with Crippen LogP contribution in [0.5, 0.6) is 0 Å². The minimum Gasteiger partial charge on any atom is -0.449 e. The van der Waals surface area contributed by atoms with Gasteiger partial charge in [-0.3, -0.25) is 0 Å². The topological polar surface area (TPSA) is 69.2 Å². The van der Waals surface area contributed by atoms with Crippen LogP contribution in [0.15, 0.2) is 16.5 Å². The molecule has 1 aliphatic rings. The average Bonchev–Trinajstić information content (AvgIpc) is 2.85. The first-order valence-corrected chi connectivity index (χ1v) is 6.13. The van der Waals surface area contributed by atoms with E-state index in [0.717, 1.165) is 31.4 Å². The Morgan fingerprint density at radius 1 is 1.35 bits per heavy atom. The highest BCUT2D eigenvalue weighted by Crippen LogP contribution is 2.28. The summed E-state index contributed by atoms with van der Waals surface area (Å²) in [5, 5.41) is 21.6. The molecule has 1 aromatic rings. The van der Waals surface area contributed by atoms with Gasteiger partial charge in [-0.25, -0.2) is 0 Å². The number of nitriles is 1. The Morgan fingerprint density at radius 2 is 2.12 bits per heavy atom. The number of nitrogens with zero attached hydrogens (tertiary/aromatic N) is 1. The second kappa shape index (κ2) is 5.35. The maximum Gasteiger partial charge on any atom is 0.203 e. The zero-order chi connectivity index (χ0) is 12.1. The second-order valence-electron chi connectivity index (χ2n) is 4.73. The van der Waals surface area contributed by atoms with Crippen molar-refractivity contribution in [3.8, 4) is 6.07 Å². The summed E-state index contributed by atoms with van der Waals surface area (Å²) in [4.78, 5) is 0. The molecule has 0 aliphatic heterocycles. The molecule has 0 aromatic carbocycles. The molecule has 0 bridgehead atoms. The maximum absolute atomic E-state index is 9.53. The van der Waals surface area contributed by atoms with Gasteiger partial charge in [-0.15, -0.1) is 0 Å². The molecular weight excluding hydrogens is 216 g/mol. The zero-order valence-corrected chi connectivity index (χ0v) is 9.91. The van der Waals surface area contributed by atoms with E-state index < -0.39 is 0 Å². The molecule has 0 spiro atoms. The molecule has 4 nitrogen and oxygen atoms in total. The van der Waals surface area contributed by atoms with Crippen molar-refractivity contribution in [2.75, 3.05) is 6.61 Å². The predicted molar refractivity (Wildman–Crippen MR) is 63.2 cm³/mol. The first-order chi connectivity index (χ1) is 8.28. The first kappa shape index (κ1) is 12.2. The number of aliphatic hydroxyl groups is 1. The summed E-state index contributed by atoms with van der Waals surface area (Å²) in [5.41, 5.74) is -0.155. The van der Waals surface area contributed by atoms with Crippen molar-refractivity contribution in [1.82, 2.24) is 5.32 Å². The van der Waals surface area contributed by atoms with Crippen LogP contribution in [-0.2, 0) is 6.54 Å². The van der Waals surface area contributed by atoms with Gasteiger partial charge in [0.25, 0.3) is 0 Å². The monoisotopic (exact) mass is 234 g/mol. The van der Waals surface area contributed by atoms with E-state index in [0.29, 0.717) is 12.3 Å². The summed E-state index contributed by atoms with van der Waals surface area (Å²) < 4.78 is 5.31. The molecule has 4 heteroatoms. The minimum atomic E-state index is -0.155. The lowest BCUT2D eigenvalue weighted by molar-refractivity contribution is 0.117. The van der Waals surface area contributed by atoms with Crippen molar-refractivity contribution in [3.05, 3.63) is 23.7 Å². The van der Waals surface area contributed by atoms with Crippen LogP contribution in [0.4, 0.5) is 0 Å². The third kappa shape index (κ3) is 2.87. The van der Waals surface area contributed by atoms with Crippen LogP contribution in [0.2, 0.25) is 0 Å². The summed E-state index contributed by atoms with van der Waals surface area (Å²) in [6.45, 7) is 0.737. The Bertz CT molecular complexity index is 400. The highest BCUT2D eigenvalue weighted by molar-refractivity contribution is 5.19. The third-order valence-electron chi connectivity index (χ3n) is 3.52. The highest BCUT2D eigenvalue weighted by atomic mass is 16.3. The number of aliphatic hydroxyl groups excluding tert-OH is 1. The summed E-state index contributed by atoms with van der Waals surface area (Å²) in [6.07, 6.45) is 5.59. The Morgan fingerprint density at radius 3 is 2.71 bits per heavy atom. The lowest BCUT2D eigenvalue weighted by Crippen LogP contribution is -2.49. The van der Waals surface area contributed by atoms with Crippen molar-refractivity contribution in [1.29, 1.82) is 5.26 Å². The zero-order valence-electron chi connectivity index (χ0n) is 9.91. The number of hydrogen-bond acceptors (Lipinski definition) is 4. The van der Waals surface area contributed by atoms with Gasteiger partial charge in [-0.2, -0.15) is 5.26 Å². The van der Waals surface area contributed by atoms with Crippen molar-refractivity contribution >= 4 is 0 Å². The molecule has 0 saturated heterocycles. The van der Waals surface area contributed by atoms with E-state index in [1.807, 2.05) is 6.07 Å². The van der Waals surface area contributed by atoms with Crippen LogP contribution in [0.3, 0.4) is 0 Å². The van der Waals surface area contributed by atoms with Gasteiger partial charge in [-0.05, 0) is 25.0 Å². The normalized spacial score (nSPS) is 18.8. The number of nitrogens with one attached hydrogen (secondary N) is 1. The largest absolute Gasteiger partial charge is 0.449 e. The lowest BCUT2D eigenvalue weighted by atomic mass is 9.82. The number of furan rings is 1. The van der Waals surface area contributed by atoms with Crippen molar-refractivity contribution in [2.45, 2.75) is 44.2 Å². The standard InChI is InChI=1S/C13H18N2O2/c14-8-11-4-5-12(17-11)9-15-13(10-16)6-2-1-3-7-13/h4-5,15-16H,1-3,6-7,9-10H2. The van der Waals surface area contributed by atoms with E-state index >= 15 is 0 Å². The number of hydrogen-bond donors (Lipinski definition) is 2. The van der Waals surface area contributed by atoms with E-state index in [4.69, 9.17) is 9.68 Å². The summed E-state index contributed by atoms with van der Waals surface area (Å²) in [7, 11) is 0. The summed E-state index contributed by atoms with van der Waals surface area (Å²) in [5.74, 6) is 1.09. The van der Waals surface area contributed by atoms with Crippen LogP contribution >= 0.6 is 0 Å². The highest BCUT2D eigenvalue weighted by Gasteiger charge is 2.30. The molecule has 1 saturated carbocycles. The van der Waals surface area contributed by atoms with Crippen molar-refractivity contribution < 1.29 is 9.52 Å². The van der Waals surface area contributed by atoms with Crippen LogP contribution < -0.4 is 5.32 Å². The van der Waals surface area contributed by atoms with E-state index in [1.165, 1.54) is 6.42 Å². The number of rotatable bonds is 4. The molecular formula is C13H18N2O2. The van der Waals surface area contributed by atoms with E-state index in [9.17, 15) is 5.11 Å². The minimum absolute atomic E-state index is 0.155. The molecule has 1 aliphatic carbocycles. The van der Waals surface area contributed by atoms with Gasteiger partial charge in [0, 0.05) is 5.54 Å². The fraction of sp³-hybridized carbons (Fsp3) is 0.615. The fourth-order valence-corrected chi connectivity index (χ4v) is 2.43. The molecule has 0 radical (unpaired) electrons. The first-order valence-electron chi connectivity index (χ1n) is 6.13. The summed E-state index contributed by atoms with van der Waals surface area (Å²) >= 11 is 0. The van der Waals surface area contributed by atoms with Crippen LogP contribution in [0.25, 0.3) is 0 Å². The predicted octanol–water partition coefficient (Wildman–Crippen LogP) is 1.94. The Hall–Kier alpha value is -1.31. The van der Waals surface area contributed by atoms with Gasteiger partial charge in [0.1, 0.15) is 11.8 Å². The molecule has 0 amide bonds. The van der Waals surface area contributed by atoms with E-state index in [1.54, 1.807) is 12.1 Å². The Balaban J connectivity index is 1.93. The van der Waals surface area contributed by atoms with Gasteiger partial charge in [0.2, 0.25) is 5.76 Å². The average molecular weight is 234 g/mol. The van der Waals surface area contributed by atoms with E-state index in [2.05, 4.69) is 5.32 Å². The van der Waals surface area contributed by atoms with Gasteiger partial charge in [-0.1, -0.05) is 19.3 Å². The molecule has 0 atom stereocenters. The lowest BCUT2D eigenvalue weighted by Gasteiger charge is -2.36. The Labute approximate surface area is 101 Å². The molecule has 1 heterocycles. The molecule has 1 aromatic heterocycles. The van der Waals surface area contributed by atoms with Crippen molar-refractivity contribution in [3.63, 3.8) is 0 Å². The van der Waals surface area contributed by atoms with Gasteiger partial charge < -0.3 is 14.8 Å². The molecule has 0 unspecified atom stereocenters. The summed E-state index contributed by atoms with van der Waals surface area (Å²) in [6, 6.07) is 5.44. The second-order valence-corrected chi connectivity index (χ2v) is 4.73. The smallest absolute Gasteiger partial charge is 0.203 e. The van der Waals surface area contributed by atoms with Gasteiger partial charge in [0.05, 0.1) is 13.2 Å². The molecule has 2 rings (SSSR count). The quantitative estimate of drug-likeness (QED) is 0.835. The Kier molecular flexibility index (Phi) is 3.82. The molecule has 92 valence electrons. The SMILES string of the molecule is N#Cc1ccc(CNC2(CO)CCCCC2)o1. The van der Waals surface area contributed by atoms with Gasteiger partial charge >= 0.3 is 0 Å². The molecule has 17 heavy (non-hydrogen) atoms. The fourth-order valence-electron chi connectivity index (χ4n) is 2.43. The van der Waals surface area contributed by atoms with E-state index in [-0.39, 0.29) is 12.1 Å². The van der Waals surface area contributed by atoms with Crippen LogP contribution in [0.1, 0.15) is 43.6 Å². The van der Waals surface area contributed by atoms with Crippen molar-refractivity contribution in [2.24, 2.45) is 0 Å². The maximum atomic E-state index is 9.53. The molecule has 1 fully saturated rings.